The van der Waals surface area contributed by atoms with E-state index in [1.807, 2.05) is 5.32 Å². The van der Waals surface area contributed by atoms with Crippen LogP contribution in [0.25, 0.3) is 0 Å². The lowest BCUT2D eigenvalue weighted by atomic mass is 10.1. The molecular formula is C15H25N5O8. The maximum absolute atomic E-state index is 12.4. The molecule has 0 aromatic rings. The highest BCUT2D eigenvalue weighted by Crippen LogP contribution is 2.17. The number of nitrogens with one attached hydrogen (secondary N) is 3. The number of aliphatic hydroxyl groups is 2. The lowest BCUT2D eigenvalue weighted by Crippen LogP contribution is -2.58. The molecule has 1 heterocycles. The van der Waals surface area contributed by atoms with Crippen LogP contribution in [0.1, 0.15) is 12.8 Å². The predicted molar refractivity (Wildman–Crippen MR) is 92.5 cm³/mol. The van der Waals surface area contributed by atoms with E-state index in [1.54, 1.807) is 0 Å². The molecule has 0 aromatic heterocycles. The van der Waals surface area contributed by atoms with E-state index in [9.17, 15) is 34.2 Å². The summed E-state index contributed by atoms with van der Waals surface area (Å²) in [4.78, 5) is 59.9. The number of rotatable bonds is 10. The fourth-order valence-electron chi connectivity index (χ4n) is 2.67. The zero-order chi connectivity index (χ0) is 21.3. The van der Waals surface area contributed by atoms with Gasteiger partial charge in [-0.05, 0) is 12.8 Å². The topological polar surface area (TPSA) is 211 Å². The van der Waals surface area contributed by atoms with Crippen LogP contribution in [0.15, 0.2) is 0 Å². The molecule has 0 aromatic carbocycles. The highest BCUT2D eigenvalue weighted by molar-refractivity contribution is 5.95. The molecule has 28 heavy (non-hydrogen) atoms. The van der Waals surface area contributed by atoms with E-state index >= 15 is 0 Å². The summed E-state index contributed by atoms with van der Waals surface area (Å²) in [6.45, 7) is -2.26. The van der Waals surface area contributed by atoms with Crippen LogP contribution in [0.5, 0.6) is 0 Å². The van der Waals surface area contributed by atoms with Crippen molar-refractivity contribution in [2.45, 2.75) is 31.0 Å². The monoisotopic (exact) mass is 403 g/mol. The van der Waals surface area contributed by atoms with Gasteiger partial charge in [0.25, 0.3) is 0 Å². The number of hydrogen-bond donors (Lipinski definition) is 7. The van der Waals surface area contributed by atoms with Crippen molar-refractivity contribution in [2.75, 3.05) is 32.8 Å². The van der Waals surface area contributed by atoms with Gasteiger partial charge < -0.3 is 41.9 Å². The summed E-state index contributed by atoms with van der Waals surface area (Å²) >= 11 is 0. The van der Waals surface area contributed by atoms with Crippen molar-refractivity contribution in [1.82, 2.24) is 20.9 Å². The lowest BCUT2D eigenvalue weighted by Gasteiger charge is -2.26. The van der Waals surface area contributed by atoms with Crippen molar-refractivity contribution < 1.29 is 39.3 Å². The number of nitrogens with two attached hydrogens (primary N) is 1. The van der Waals surface area contributed by atoms with E-state index in [0.29, 0.717) is 19.4 Å². The van der Waals surface area contributed by atoms with E-state index < -0.39 is 67.5 Å². The van der Waals surface area contributed by atoms with Gasteiger partial charge in [-0.3, -0.25) is 24.0 Å². The smallest absolute Gasteiger partial charge is 0.322 e. The van der Waals surface area contributed by atoms with Crippen molar-refractivity contribution in [3.05, 3.63) is 0 Å². The van der Waals surface area contributed by atoms with Crippen LogP contribution in [0.4, 0.5) is 0 Å². The fraction of sp³-hybridized carbons (Fsp3) is 0.667. The van der Waals surface area contributed by atoms with Gasteiger partial charge in [0.15, 0.2) is 0 Å². The van der Waals surface area contributed by atoms with Crippen LogP contribution in [0, 0.1) is 0 Å². The van der Waals surface area contributed by atoms with Crippen molar-refractivity contribution >= 4 is 29.6 Å². The summed E-state index contributed by atoms with van der Waals surface area (Å²) < 4.78 is 0. The molecule has 0 unspecified atom stereocenters. The highest BCUT2D eigenvalue weighted by Gasteiger charge is 2.35. The van der Waals surface area contributed by atoms with Gasteiger partial charge in [-0.15, -0.1) is 0 Å². The molecule has 158 valence electrons. The maximum Gasteiger partial charge on any atom is 0.322 e. The Labute approximate surface area is 160 Å². The van der Waals surface area contributed by atoms with Crippen molar-refractivity contribution in [1.29, 1.82) is 0 Å². The summed E-state index contributed by atoms with van der Waals surface area (Å²) in [5.74, 6) is -4.31. The minimum Gasteiger partial charge on any atom is -0.480 e. The molecule has 1 aliphatic heterocycles. The molecule has 0 bridgehead atoms. The third-order valence-corrected chi connectivity index (χ3v) is 4.10. The Bertz CT molecular complexity index is 613. The molecule has 1 saturated heterocycles. The number of aliphatic carboxylic acids is 1. The van der Waals surface area contributed by atoms with E-state index in [-0.39, 0.29) is 6.54 Å². The van der Waals surface area contributed by atoms with E-state index in [2.05, 4.69) is 10.6 Å². The van der Waals surface area contributed by atoms with Gasteiger partial charge in [-0.1, -0.05) is 0 Å². The summed E-state index contributed by atoms with van der Waals surface area (Å²) in [6.07, 6.45) is 0.949. The van der Waals surface area contributed by atoms with Crippen LogP contribution in [-0.2, 0) is 24.0 Å². The summed E-state index contributed by atoms with van der Waals surface area (Å²) in [5, 5.41) is 33.5. The summed E-state index contributed by atoms with van der Waals surface area (Å²) in [5.41, 5.74) is 5.31. The molecule has 1 fully saturated rings. The first-order valence-corrected chi connectivity index (χ1v) is 8.56. The first-order chi connectivity index (χ1) is 13.2. The quantitative estimate of drug-likeness (QED) is 0.186. The number of aliphatic hydroxyl groups excluding tert-OH is 2. The Balaban J connectivity index is 2.69. The Morgan fingerprint density at radius 2 is 1.64 bits per heavy atom. The molecule has 8 N–H and O–H groups in total. The molecule has 13 nitrogen and oxygen atoms in total. The molecule has 0 saturated carbocycles. The number of amides is 4. The Hall–Kier alpha value is -2.77. The second-order valence-electron chi connectivity index (χ2n) is 6.05. The van der Waals surface area contributed by atoms with Crippen LogP contribution in [-0.4, -0.2) is 101 Å². The van der Waals surface area contributed by atoms with Crippen LogP contribution >= 0.6 is 0 Å². The van der Waals surface area contributed by atoms with Crippen LogP contribution in [0.3, 0.4) is 0 Å². The minimum atomic E-state index is -1.47. The van der Waals surface area contributed by atoms with Crippen LogP contribution < -0.4 is 21.7 Å². The Morgan fingerprint density at radius 3 is 2.18 bits per heavy atom. The van der Waals surface area contributed by atoms with Crippen molar-refractivity contribution in [2.24, 2.45) is 5.73 Å². The fourth-order valence-corrected chi connectivity index (χ4v) is 2.67. The number of likely N-dealkylation sites (tertiary alicyclic amines) is 1. The lowest BCUT2D eigenvalue weighted by molar-refractivity contribution is -0.140. The van der Waals surface area contributed by atoms with Gasteiger partial charge >= 0.3 is 5.97 Å². The SMILES string of the molecule is NCC(=O)N1CCC[C@H]1C(=O)N[C@@H](CO)C(=O)N[C@@H](CO)C(=O)NCC(=O)O. The van der Waals surface area contributed by atoms with Gasteiger partial charge in [-0.2, -0.15) is 0 Å². The van der Waals surface area contributed by atoms with Crippen molar-refractivity contribution in [3.8, 4) is 0 Å². The van der Waals surface area contributed by atoms with Gasteiger partial charge in [0.05, 0.1) is 19.8 Å². The summed E-state index contributed by atoms with van der Waals surface area (Å²) in [7, 11) is 0. The molecule has 0 radical (unpaired) electrons. The van der Waals surface area contributed by atoms with E-state index in [0.717, 1.165) is 0 Å². The molecule has 3 atom stereocenters. The zero-order valence-corrected chi connectivity index (χ0v) is 15.1. The molecule has 13 heteroatoms. The average Bonchev–Trinajstić information content (AvgIpc) is 3.17. The van der Waals surface area contributed by atoms with Crippen molar-refractivity contribution in [3.63, 3.8) is 0 Å². The number of hydrogen-bond acceptors (Lipinski definition) is 8. The van der Waals surface area contributed by atoms with Crippen LogP contribution in [0.2, 0.25) is 0 Å². The standard InChI is InChI=1S/C15H25N5O8/c16-4-11(23)20-3-1-2-10(20)15(28)19-9(7-22)14(27)18-8(6-21)13(26)17-5-12(24)25/h8-10,21-22H,1-7,16H2,(H,17,26)(H,18,27)(H,19,28)(H,24,25)/t8-,9-,10-/m0/s1. The number of carboxylic acids is 1. The first-order valence-electron chi connectivity index (χ1n) is 8.56. The molecule has 1 aliphatic rings. The van der Waals surface area contributed by atoms with E-state index in [4.69, 9.17) is 10.8 Å². The zero-order valence-electron chi connectivity index (χ0n) is 15.1. The third kappa shape index (κ3) is 6.44. The minimum absolute atomic E-state index is 0.267. The molecular weight excluding hydrogens is 378 g/mol. The highest BCUT2D eigenvalue weighted by atomic mass is 16.4. The number of carbonyl (C=O) groups excluding carboxylic acids is 4. The second kappa shape index (κ2) is 11.2. The van der Waals surface area contributed by atoms with Gasteiger partial charge in [0, 0.05) is 6.54 Å². The first kappa shape index (κ1) is 23.3. The number of carboxylic acid groups (broad SMARTS) is 1. The Morgan fingerprint density at radius 1 is 1.04 bits per heavy atom. The third-order valence-electron chi connectivity index (χ3n) is 4.10. The number of nitrogens with zero attached hydrogens (tertiary/aromatic N) is 1. The molecule has 1 rings (SSSR count). The average molecular weight is 403 g/mol. The predicted octanol–water partition coefficient (Wildman–Crippen LogP) is -4.91. The van der Waals surface area contributed by atoms with E-state index in [1.165, 1.54) is 4.90 Å². The van der Waals surface area contributed by atoms with Gasteiger partial charge in [-0.25, -0.2) is 0 Å². The largest absolute Gasteiger partial charge is 0.480 e. The Kier molecular flexibility index (Phi) is 9.27. The second-order valence-corrected chi connectivity index (χ2v) is 6.05. The maximum atomic E-state index is 12.4. The van der Waals surface area contributed by atoms with Gasteiger partial charge in [0.1, 0.15) is 24.7 Å². The number of carbonyl (C=O) groups is 5. The van der Waals surface area contributed by atoms with Gasteiger partial charge in [0.2, 0.25) is 23.6 Å². The molecule has 0 aliphatic carbocycles. The summed E-state index contributed by atoms with van der Waals surface area (Å²) in [6, 6.07) is -3.74. The molecule has 0 spiro atoms. The normalized spacial score (nSPS) is 18.1. The molecule has 4 amide bonds.